The van der Waals surface area contributed by atoms with E-state index in [2.05, 4.69) is 17.2 Å². The lowest BCUT2D eigenvalue weighted by Gasteiger charge is -2.08. The minimum Gasteiger partial charge on any atom is -0.494 e. The number of unbranched alkanes of at least 4 members (excludes halogenated alkanes) is 1. The van der Waals surface area contributed by atoms with E-state index in [1.54, 1.807) is 30.5 Å². The van der Waals surface area contributed by atoms with Crippen molar-refractivity contribution in [3.05, 3.63) is 54.2 Å². The second kappa shape index (κ2) is 7.28. The summed E-state index contributed by atoms with van der Waals surface area (Å²) in [6.45, 7) is 2.78. The average molecular weight is 270 g/mol. The zero-order chi connectivity index (χ0) is 14.2. The Morgan fingerprint density at radius 1 is 1.25 bits per heavy atom. The Balaban J connectivity index is 2.01. The fourth-order valence-corrected chi connectivity index (χ4v) is 1.69. The van der Waals surface area contributed by atoms with Crippen LogP contribution in [0.2, 0.25) is 0 Å². The monoisotopic (exact) mass is 270 g/mol. The van der Waals surface area contributed by atoms with Gasteiger partial charge in [0, 0.05) is 11.8 Å². The first-order valence-electron chi connectivity index (χ1n) is 6.75. The van der Waals surface area contributed by atoms with Gasteiger partial charge in [0.05, 0.1) is 6.61 Å². The number of hydrogen-bond acceptors (Lipinski definition) is 3. The van der Waals surface area contributed by atoms with Crippen LogP contribution in [-0.2, 0) is 0 Å². The van der Waals surface area contributed by atoms with Crippen molar-refractivity contribution in [2.75, 3.05) is 11.9 Å². The summed E-state index contributed by atoms with van der Waals surface area (Å²) in [5.74, 6) is 1.06. The zero-order valence-corrected chi connectivity index (χ0v) is 11.5. The van der Waals surface area contributed by atoms with Crippen molar-refractivity contribution < 1.29 is 9.53 Å². The molecule has 0 unspecified atom stereocenters. The SMILES string of the molecule is CCCCOc1cccc(C(=O)Nc2ccccn2)c1. The highest BCUT2D eigenvalue weighted by molar-refractivity contribution is 6.03. The van der Waals surface area contributed by atoms with Gasteiger partial charge in [-0.05, 0) is 36.8 Å². The fourth-order valence-electron chi connectivity index (χ4n) is 1.69. The Hall–Kier alpha value is -2.36. The number of ether oxygens (including phenoxy) is 1. The molecule has 0 saturated carbocycles. The molecule has 0 bridgehead atoms. The first-order chi connectivity index (χ1) is 9.79. The Bertz CT molecular complexity index is 555. The summed E-state index contributed by atoms with van der Waals surface area (Å²) in [7, 11) is 0. The number of carbonyl (C=O) groups excluding carboxylic acids is 1. The van der Waals surface area contributed by atoms with Crippen molar-refractivity contribution in [3.8, 4) is 5.75 Å². The van der Waals surface area contributed by atoms with Gasteiger partial charge in [-0.1, -0.05) is 25.5 Å². The maximum Gasteiger partial charge on any atom is 0.256 e. The van der Waals surface area contributed by atoms with Gasteiger partial charge in [0.25, 0.3) is 5.91 Å². The third-order valence-corrected chi connectivity index (χ3v) is 2.77. The van der Waals surface area contributed by atoms with Gasteiger partial charge in [-0.3, -0.25) is 4.79 Å². The molecule has 1 N–H and O–H groups in total. The Labute approximate surface area is 118 Å². The molecule has 0 aliphatic rings. The van der Waals surface area contributed by atoms with Crippen molar-refractivity contribution in [2.24, 2.45) is 0 Å². The van der Waals surface area contributed by atoms with Crippen LogP contribution in [0.25, 0.3) is 0 Å². The van der Waals surface area contributed by atoms with Crippen molar-refractivity contribution >= 4 is 11.7 Å². The van der Waals surface area contributed by atoms with E-state index in [9.17, 15) is 4.79 Å². The predicted molar refractivity (Wildman–Crippen MR) is 79.0 cm³/mol. The van der Waals surface area contributed by atoms with Crippen molar-refractivity contribution in [3.63, 3.8) is 0 Å². The fraction of sp³-hybridized carbons (Fsp3) is 0.250. The molecule has 1 amide bonds. The van der Waals surface area contributed by atoms with Gasteiger partial charge in [0.15, 0.2) is 0 Å². The number of rotatable bonds is 6. The molecular formula is C16H18N2O2. The van der Waals surface area contributed by atoms with Gasteiger partial charge in [-0.2, -0.15) is 0 Å². The highest BCUT2D eigenvalue weighted by atomic mass is 16.5. The number of amides is 1. The maximum atomic E-state index is 12.1. The summed E-state index contributed by atoms with van der Waals surface area (Å²) in [6, 6.07) is 12.5. The van der Waals surface area contributed by atoms with Crippen LogP contribution in [0.4, 0.5) is 5.82 Å². The number of benzene rings is 1. The van der Waals surface area contributed by atoms with Crippen LogP contribution in [0, 0.1) is 0 Å². The molecule has 4 nitrogen and oxygen atoms in total. The number of pyridine rings is 1. The normalized spacial score (nSPS) is 10.1. The van der Waals surface area contributed by atoms with E-state index < -0.39 is 0 Å². The van der Waals surface area contributed by atoms with Crippen LogP contribution in [0.15, 0.2) is 48.7 Å². The van der Waals surface area contributed by atoms with Crippen LogP contribution < -0.4 is 10.1 Å². The number of nitrogens with one attached hydrogen (secondary N) is 1. The Morgan fingerprint density at radius 3 is 2.90 bits per heavy atom. The van der Waals surface area contributed by atoms with E-state index in [0.29, 0.717) is 23.7 Å². The predicted octanol–water partition coefficient (Wildman–Crippen LogP) is 3.51. The molecule has 20 heavy (non-hydrogen) atoms. The third kappa shape index (κ3) is 4.09. The van der Waals surface area contributed by atoms with Gasteiger partial charge >= 0.3 is 0 Å². The van der Waals surface area contributed by atoms with Gasteiger partial charge in [-0.25, -0.2) is 4.98 Å². The lowest BCUT2D eigenvalue weighted by Crippen LogP contribution is -2.12. The molecule has 0 saturated heterocycles. The molecule has 1 aromatic heterocycles. The molecule has 0 spiro atoms. The second-order valence-corrected chi connectivity index (χ2v) is 4.40. The van der Waals surface area contributed by atoms with Crippen molar-refractivity contribution in [1.82, 2.24) is 4.98 Å². The van der Waals surface area contributed by atoms with Crippen LogP contribution in [0.3, 0.4) is 0 Å². The topological polar surface area (TPSA) is 51.2 Å². The van der Waals surface area contributed by atoms with E-state index >= 15 is 0 Å². The number of anilines is 1. The molecule has 2 rings (SSSR count). The molecule has 4 heteroatoms. The van der Waals surface area contributed by atoms with Crippen LogP contribution in [-0.4, -0.2) is 17.5 Å². The van der Waals surface area contributed by atoms with E-state index in [1.807, 2.05) is 18.2 Å². The Morgan fingerprint density at radius 2 is 2.15 bits per heavy atom. The van der Waals surface area contributed by atoms with Crippen LogP contribution in [0.5, 0.6) is 5.75 Å². The molecule has 0 fully saturated rings. The molecule has 1 aromatic carbocycles. The standard InChI is InChI=1S/C16H18N2O2/c1-2-3-11-20-14-8-6-7-13(12-14)16(19)18-15-9-4-5-10-17-15/h4-10,12H,2-3,11H2,1H3,(H,17,18,19). The largest absolute Gasteiger partial charge is 0.494 e. The first kappa shape index (κ1) is 14.1. The van der Waals surface area contributed by atoms with Gasteiger partial charge < -0.3 is 10.1 Å². The quantitative estimate of drug-likeness (QED) is 0.817. The molecule has 0 aliphatic heterocycles. The van der Waals surface area contributed by atoms with E-state index in [0.717, 1.165) is 12.8 Å². The Kier molecular flexibility index (Phi) is 5.12. The van der Waals surface area contributed by atoms with E-state index in [1.165, 1.54) is 0 Å². The van der Waals surface area contributed by atoms with Crippen LogP contribution in [0.1, 0.15) is 30.1 Å². The summed E-state index contributed by atoms with van der Waals surface area (Å²) < 4.78 is 5.59. The summed E-state index contributed by atoms with van der Waals surface area (Å²) in [5, 5.41) is 2.75. The second-order valence-electron chi connectivity index (χ2n) is 4.40. The highest BCUT2D eigenvalue weighted by Crippen LogP contribution is 2.15. The summed E-state index contributed by atoms with van der Waals surface area (Å²) in [6.07, 6.45) is 3.73. The highest BCUT2D eigenvalue weighted by Gasteiger charge is 2.07. The van der Waals surface area contributed by atoms with E-state index in [4.69, 9.17) is 4.74 Å². The van der Waals surface area contributed by atoms with Gasteiger partial charge in [-0.15, -0.1) is 0 Å². The molecule has 0 radical (unpaired) electrons. The van der Waals surface area contributed by atoms with Crippen molar-refractivity contribution in [1.29, 1.82) is 0 Å². The average Bonchev–Trinajstić information content (AvgIpc) is 2.49. The number of aromatic nitrogens is 1. The summed E-state index contributed by atoms with van der Waals surface area (Å²) in [4.78, 5) is 16.2. The molecule has 1 heterocycles. The zero-order valence-electron chi connectivity index (χ0n) is 11.5. The minimum absolute atomic E-state index is 0.190. The third-order valence-electron chi connectivity index (χ3n) is 2.77. The molecule has 2 aromatic rings. The van der Waals surface area contributed by atoms with Gasteiger partial charge in [0.1, 0.15) is 11.6 Å². The molecule has 104 valence electrons. The van der Waals surface area contributed by atoms with Crippen molar-refractivity contribution in [2.45, 2.75) is 19.8 Å². The minimum atomic E-state index is -0.190. The molecule has 0 atom stereocenters. The summed E-state index contributed by atoms with van der Waals surface area (Å²) >= 11 is 0. The maximum absolute atomic E-state index is 12.1. The molecular weight excluding hydrogens is 252 g/mol. The number of nitrogens with zero attached hydrogens (tertiary/aromatic N) is 1. The number of carbonyl (C=O) groups is 1. The lowest BCUT2D eigenvalue weighted by atomic mass is 10.2. The number of hydrogen-bond donors (Lipinski definition) is 1. The first-order valence-corrected chi connectivity index (χ1v) is 6.75. The molecule has 0 aliphatic carbocycles. The van der Waals surface area contributed by atoms with E-state index in [-0.39, 0.29) is 5.91 Å². The lowest BCUT2D eigenvalue weighted by molar-refractivity contribution is 0.102. The smallest absolute Gasteiger partial charge is 0.256 e. The summed E-state index contributed by atoms with van der Waals surface area (Å²) in [5.41, 5.74) is 0.560. The van der Waals surface area contributed by atoms with Gasteiger partial charge in [0.2, 0.25) is 0 Å². The van der Waals surface area contributed by atoms with Crippen LogP contribution >= 0.6 is 0 Å².